The van der Waals surface area contributed by atoms with Crippen LogP contribution in [0, 0.1) is 0 Å². The maximum atomic E-state index is 12.3. The molecule has 3 rings (SSSR count). The van der Waals surface area contributed by atoms with Gasteiger partial charge in [0, 0.05) is 10.0 Å². The molecule has 0 aliphatic heterocycles. The average molecular weight is 462 g/mol. The van der Waals surface area contributed by atoms with Gasteiger partial charge in [-0.25, -0.2) is 18.6 Å². The number of carbonyl (C=O) groups is 1. The van der Waals surface area contributed by atoms with Crippen molar-refractivity contribution in [1.29, 1.82) is 0 Å². The normalized spacial score (nSPS) is 11.6. The second-order valence-electron chi connectivity index (χ2n) is 5.65. The van der Waals surface area contributed by atoms with Crippen molar-refractivity contribution < 1.29 is 17.6 Å². The van der Waals surface area contributed by atoms with E-state index in [9.17, 15) is 13.2 Å². The van der Waals surface area contributed by atoms with E-state index in [-0.39, 0.29) is 17.3 Å². The number of benzene rings is 2. The van der Waals surface area contributed by atoms with Gasteiger partial charge in [0.2, 0.25) is 10.0 Å². The summed E-state index contributed by atoms with van der Waals surface area (Å²) >= 11 is 3.26. The number of rotatable bonds is 7. The van der Waals surface area contributed by atoms with Crippen LogP contribution < -0.4 is 10.1 Å². The first-order chi connectivity index (χ1) is 13.4. The molecule has 0 spiro atoms. The first kappa shape index (κ1) is 20.0. The highest BCUT2D eigenvalue weighted by Gasteiger charge is 2.14. The number of hydrogen-bond acceptors (Lipinski definition) is 5. The summed E-state index contributed by atoms with van der Waals surface area (Å²) in [6, 6.07) is 18.2. The Labute approximate surface area is 170 Å². The van der Waals surface area contributed by atoms with E-state index < -0.39 is 10.0 Å². The van der Waals surface area contributed by atoms with Crippen LogP contribution in [0.3, 0.4) is 0 Å². The van der Waals surface area contributed by atoms with E-state index in [0.29, 0.717) is 17.1 Å². The summed E-state index contributed by atoms with van der Waals surface area (Å²) in [5, 5.41) is 3.83. The molecule has 2 aromatic carbocycles. The van der Waals surface area contributed by atoms with E-state index >= 15 is 0 Å². The van der Waals surface area contributed by atoms with Gasteiger partial charge in [0.1, 0.15) is 11.5 Å². The van der Waals surface area contributed by atoms with Crippen LogP contribution in [0.4, 0.5) is 0 Å². The molecule has 0 atom stereocenters. The number of hydrazone groups is 1. The molecule has 0 saturated heterocycles. The topological polar surface area (TPSA) is 101 Å². The second kappa shape index (κ2) is 8.96. The zero-order valence-electron chi connectivity index (χ0n) is 14.5. The van der Waals surface area contributed by atoms with Crippen molar-refractivity contribution >= 4 is 38.1 Å². The lowest BCUT2D eigenvalue weighted by Gasteiger charge is -2.05. The third-order valence-corrected chi connectivity index (χ3v) is 5.58. The molecule has 0 aliphatic rings. The van der Waals surface area contributed by atoms with Gasteiger partial charge in [0.15, 0.2) is 0 Å². The van der Waals surface area contributed by atoms with E-state index in [1.165, 1.54) is 18.3 Å². The Bertz CT molecular complexity index is 1080. The van der Waals surface area contributed by atoms with Gasteiger partial charge in [0.25, 0.3) is 5.91 Å². The fourth-order valence-corrected chi connectivity index (χ4v) is 3.49. The monoisotopic (exact) mass is 461 g/mol. The van der Waals surface area contributed by atoms with Crippen LogP contribution in [-0.2, 0) is 16.6 Å². The van der Waals surface area contributed by atoms with Crippen molar-refractivity contribution in [2.45, 2.75) is 11.4 Å². The molecule has 2 N–H and O–H groups in total. The molecule has 1 aromatic heterocycles. The summed E-state index contributed by atoms with van der Waals surface area (Å²) < 4.78 is 33.3. The van der Waals surface area contributed by atoms with Crippen molar-refractivity contribution in [2.24, 2.45) is 5.10 Å². The number of nitrogens with one attached hydrogen (secondary N) is 2. The molecule has 1 heterocycles. The molecule has 1 amide bonds. The predicted molar refractivity (Wildman–Crippen MR) is 108 cm³/mol. The van der Waals surface area contributed by atoms with Gasteiger partial charge in [-0.15, -0.1) is 0 Å². The van der Waals surface area contributed by atoms with E-state index in [0.717, 1.165) is 4.47 Å². The third kappa shape index (κ3) is 5.38. The molecule has 7 nitrogen and oxygen atoms in total. The number of hydrogen-bond donors (Lipinski definition) is 2. The predicted octanol–water partition coefficient (Wildman–Crippen LogP) is 3.28. The van der Waals surface area contributed by atoms with Crippen LogP contribution >= 0.6 is 15.9 Å². The maximum Gasteiger partial charge on any atom is 0.271 e. The number of carbonyl (C=O) groups excluding carboxylic acids is 1. The van der Waals surface area contributed by atoms with E-state index in [2.05, 4.69) is 31.2 Å². The minimum Gasteiger partial charge on any atom is -0.459 e. The van der Waals surface area contributed by atoms with Crippen LogP contribution in [-0.4, -0.2) is 20.5 Å². The molecular formula is C19H16BrN3O4S. The highest BCUT2D eigenvalue weighted by molar-refractivity contribution is 9.10. The molecule has 9 heteroatoms. The molecule has 0 aliphatic carbocycles. The highest BCUT2D eigenvalue weighted by atomic mass is 79.9. The maximum absolute atomic E-state index is 12.3. The van der Waals surface area contributed by atoms with Crippen molar-refractivity contribution in [3.8, 4) is 0 Å². The van der Waals surface area contributed by atoms with Gasteiger partial charge in [-0.2, -0.15) is 5.10 Å². The SMILES string of the molecule is O=C(N/N=C\c1ccc(CNS(=O)(=O)c2ccc(Br)cc2)o1)c1ccccc1. The molecule has 0 saturated carbocycles. The van der Waals surface area contributed by atoms with Crippen LogP contribution in [0.25, 0.3) is 0 Å². The quantitative estimate of drug-likeness (QED) is 0.416. The van der Waals surface area contributed by atoms with Crippen LogP contribution in [0.1, 0.15) is 21.9 Å². The number of sulfonamides is 1. The van der Waals surface area contributed by atoms with E-state index in [1.807, 2.05) is 6.07 Å². The Hall–Kier alpha value is -2.75. The molecule has 28 heavy (non-hydrogen) atoms. The molecule has 0 radical (unpaired) electrons. The Morgan fingerprint density at radius 1 is 1.04 bits per heavy atom. The largest absolute Gasteiger partial charge is 0.459 e. The van der Waals surface area contributed by atoms with Gasteiger partial charge in [-0.3, -0.25) is 4.79 Å². The Kier molecular flexibility index (Phi) is 6.40. The minimum absolute atomic E-state index is 0.0113. The van der Waals surface area contributed by atoms with Crippen molar-refractivity contribution in [1.82, 2.24) is 10.1 Å². The third-order valence-electron chi connectivity index (χ3n) is 3.64. The lowest BCUT2D eigenvalue weighted by Crippen LogP contribution is -2.22. The molecular weight excluding hydrogens is 446 g/mol. The van der Waals surface area contributed by atoms with Gasteiger partial charge >= 0.3 is 0 Å². The standard InChI is InChI=1S/C19H16BrN3O4S/c20-15-6-10-18(11-7-15)28(25,26)22-13-17-9-8-16(27-17)12-21-23-19(24)14-4-2-1-3-5-14/h1-12,22H,13H2,(H,23,24)/b21-12-. The molecule has 0 fully saturated rings. The number of furan rings is 1. The minimum atomic E-state index is -3.65. The Balaban J connectivity index is 1.55. The summed E-state index contributed by atoms with van der Waals surface area (Å²) in [6.45, 7) is -0.0113. The van der Waals surface area contributed by atoms with Crippen molar-refractivity contribution in [2.75, 3.05) is 0 Å². The zero-order chi connectivity index (χ0) is 20.0. The molecule has 0 bridgehead atoms. The lowest BCUT2D eigenvalue weighted by molar-refractivity contribution is 0.0955. The van der Waals surface area contributed by atoms with Gasteiger partial charge in [-0.1, -0.05) is 34.1 Å². The van der Waals surface area contributed by atoms with Crippen LogP contribution in [0.2, 0.25) is 0 Å². The molecule has 144 valence electrons. The van der Waals surface area contributed by atoms with Crippen molar-refractivity contribution in [3.63, 3.8) is 0 Å². The lowest BCUT2D eigenvalue weighted by atomic mass is 10.2. The number of halogens is 1. The zero-order valence-corrected chi connectivity index (χ0v) is 16.9. The van der Waals surface area contributed by atoms with E-state index in [1.54, 1.807) is 48.5 Å². The molecule has 3 aromatic rings. The Morgan fingerprint density at radius 2 is 1.75 bits per heavy atom. The summed E-state index contributed by atoms with van der Waals surface area (Å²) in [5.41, 5.74) is 2.88. The fourth-order valence-electron chi connectivity index (χ4n) is 2.23. The second-order valence-corrected chi connectivity index (χ2v) is 8.33. The fraction of sp³-hybridized carbons (Fsp3) is 0.0526. The van der Waals surface area contributed by atoms with Gasteiger partial charge < -0.3 is 4.42 Å². The molecule has 0 unspecified atom stereocenters. The first-order valence-corrected chi connectivity index (χ1v) is 10.4. The van der Waals surface area contributed by atoms with Gasteiger partial charge in [0.05, 0.1) is 17.7 Å². The number of amides is 1. The van der Waals surface area contributed by atoms with Gasteiger partial charge in [-0.05, 0) is 48.5 Å². The van der Waals surface area contributed by atoms with Crippen LogP contribution in [0.15, 0.2) is 85.6 Å². The van der Waals surface area contributed by atoms with Crippen LogP contribution in [0.5, 0.6) is 0 Å². The summed E-state index contributed by atoms with van der Waals surface area (Å²) in [6.07, 6.45) is 1.34. The summed E-state index contributed by atoms with van der Waals surface area (Å²) in [5.74, 6) is 0.452. The highest BCUT2D eigenvalue weighted by Crippen LogP contribution is 2.15. The average Bonchev–Trinajstić information content (AvgIpc) is 3.15. The summed E-state index contributed by atoms with van der Waals surface area (Å²) in [7, 11) is -3.65. The summed E-state index contributed by atoms with van der Waals surface area (Å²) in [4.78, 5) is 12.0. The first-order valence-electron chi connectivity index (χ1n) is 8.16. The Morgan fingerprint density at radius 3 is 2.46 bits per heavy atom. The smallest absolute Gasteiger partial charge is 0.271 e. The van der Waals surface area contributed by atoms with E-state index in [4.69, 9.17) is 4.42 Å². The number of nitrogens with zero attached hydrogens (tertiary/aromatic N) is 1. The van der Waals surface area contributed by atoms with Crippen molar-refractivity contribution in [3.05, 3.63) is 88.3 Å².